The molecule has 0 aromatic carbocycles. The normalized spacial score (nSPS) is 9.30. The maximum Gasteiger partial charge on any atom is 0.184 e. The molecule has 0 aliphatic heterocycles. The van der Waals surface area contributed by atoms with E-state index in [0.29, 0.717) is 5.69 Å². The molecule has 0 aliphatic rings. The van der Waals surface area contributed by atoms with Crippen LogP contribution in [0.25, 0.3) is 0 Å². The first-order valence-corrected chi connectivity index (χ1v) is 3.09. The minimum atomic E-state index is -0.0272. The molecule has 10 heavy (non-hydrogen) atoms. The Bertz CT molecular complexity index is 218. The van der Waals surface area contributed by atoms with Crippen LogP contribution in [0.15, 0.2) is 24.4 Å². The van der Waals surface area contributed by atoms with Gasteiger partial charge in [-0.1, -0.05) is 13.0 Å². The van der Waals surface area contributed by atoms with E-state index >= 15 is 0 Å². The Morgan fingerprint density at radius 3 is 2.90 bits per heavy atom. The molecule has 0 atom stereocenters. The Kier molecular flexibility index (Phi) is 2.15. The van der Waals surface area contributed by atoms with Gasteiger partial charge in [0.1, 0.15) is 5.69 Å². The molecule has 1 aromatic rings. The molecule has 1 radical (unpaired) electrons. The smallest absolute Gasteiger partial charge is 0.184 e. The maximum atomic E-state index is 10.9. The van der Waals surface area contributed by atoms with Gasteiger partial charge < -0.3 is 0 Å². The quantitative estimate of drug-likeness (QED) is 0.573. The summed E-state index contributed by atoms with van der Waals surface area (Å²) in [4.78, 5) is 14.8. The highest BCUT2D eigenvalue weighted by atomic mass is 16.1. The fourth-order valence-electron chi connectivity index (χ4n) is 0.656. The molecule has 0 saturated heterocycles. The van der Waals surface area contributed by atoms with Gasteiger partial charge in [-0.25, -0.2) is 0 Å². The minimum Gasteiger partial charge on any atom is -0.292 e. The lowest BCUT2D eigenvalue weighted by Gasteiger charge is -1.92. The van der Waals surface area contributed by atoms with Crippen molar-refractivity contribution >= 4 is 5.78 Å². The van der Waals surface area contributed by atoms with E-state index in [1.165, 1.54) is 6.42 Å². The minimum absolute atomic E-state index is 0.0272. The fourth-order valence-corrected chi connectivity index (χ4v) is 0.656. The first-order chi connectivity index (χ1) is 4.84. The Morgan fingerprint density at radius 1 is 1.60 bits per heavy atom. The highest BCUT2D eigenvalue weighted by Gasteiger charge is 2.00. The van der Waals surface area contributed by atoms with Crippen LogP contribution < -0.4 is 0 Å². The number of Topliss-reactive ketones (excluding diaryl/α,β-unsaturated/α-hetero) is 1. The molecule has 1 aromatic heterocycles. The lowest BCUT2D eigenvalue weighted by Crippen LogP contribution is -1.98. The summed E-state index contributed by atoms with van der Waals surface area (Å²) in [5, 5.41) is 0. The van der Waals surface area contributed by atoms with Crippen LogP contribution in [0.4, 0.5) is 0 Å². The van der Waals surface area contributed by atoms with Crippen molar-refractivity contribution in [2.24, 2.45) is 0 Å². The molecule has 0 spiro atoms. The number of carbonyl (C=O) groups excluding carboxylic acids is 1. The number of pyridine rings is 1. The van der Waals surface area contributed by atoms with Crippen LogP contribution in [0.5, 0.6) is 0 Å². The van der Waals surface area contributed by atoms with Crippen molar-refractivity contribution in [2.75, 3.05) is 0 Å². The molecule has 51 valence electrons. The lowest BCUT2D eigenvalue weighted by atomic mass is 10.2. The summed E-state index contributed by atoms with van der Waals surface area (Å²) in [5.74, 6) is -0.0272. The van der Waals surface area contributed by atoms with E-state index in [4.69, 9.17) is 0 Å². The SMILES string of the molecule is C[CH]C(=O)c1ccccn1. The summed E-state index contributed by atoms with van der Waals surface area (Å²) in [5.41, 5.74) is 0.505. The number of rotatable bonds is 2. The van der Waals surface area contributed by atoms with Crippen LogP contribution in [0.2, 0.25) is 0 Å². The van der Waals surface area contributed by atoms with E-state index in [0.717, 1.165) is 0 Å². The first-order valence-electron chi connectivity index (χ1n) is 3.09. The van der Waals surface area contributed by atoms with Gasteiger partial charge >= 0.3 is 0 Å². The molecule has 0 aliphatic carbocycles. The van der Waals surface area contributed by atoms with Crippen molar-refractivity contribution < 1.29 is 4.79 Å². The summed E-state index contributed by atoms with van der Waals surface area (Å²) < 4.78 is 0. The van der Waals surface area contributed by atoms with Gasteiger partial charge in [0.25, 0.3) is 0 Å². The molecular weight excluding hydrogens is 126 g/mol. The van der Waals surface area contributed by atoms with Crippen LogP contribution in [-0.2, 0) is 0 Å². The Morgan fingerprint density at radius 2 is 2.40 bits per heavy atom. The Labute approximate surface area is 59.9 Å². The maximum absolute atomic E-state index is 10.9. The average Bonchev–Trinajstić information content (AvgIpc) is 2.05. The van der Waals surface area contributed by atoms with E-state index in [1.54, 1.807) is 31.3 Å². The standard InChI is InChI=1S/C8H8NO/c1-2-8(10)7-5-3-4-6-9-7/h2-6H,1H3. The molecule has 0 N–H and O–H groups in total. The predicted octanol–water partition coefficient (Wildman–Crippen LogP) is 1.49. The van der Waals surface area contributed by atoms with Gasteiger partial charge in [-0.05, 0) is 12.1 Å². The molecule has 0 fully saturated rings. The number of hydrogen-bond donors (Lipinski definition) is 0. The monoisotopic (exact) mass is 134 g/mol. The number of nitrogens with zero attached hydrogens (tertiary/aromatic N) is 1. The van der Waals surface area contributed by atoms with Crippen LogP contribution >= 0.6 is 0 Å². The highest BCUT2D eigenvalue weighted by Crippen LogP contribution is 1.96. The summed E-state index contributed by atoms with van der Waals surface area (Å²) in [6.07, 6.45) is 3.11. The molecule has 1 heterocycles. The number of hydrogen-bond acceptors (Lipinski definition) is 2. The molecule has 1 rings (SSSR count). The first kappa shape index (κ1) is 6.93. The van der Waals surface area contributed by atoms with E-state index in [1.807, 2.05) is 0 Å². The topological polar surface area (TPSA) is 30.0 Å². The zero-order valence-electron chi connectivity index (χ0n) is 5.74. The van der Waals surface area contributed by atoms with Gasteiger partial charge in [0.05, 0.1) is 0 Å². The summed E-state index contributed by atoms with van der Waals surface area (Å²) in [6.45, 7) is 1.71. The van der Waals surface area contributed by atoms with Gasteiger partial charge in [0.2, 0.25) is 0 Å². The second-order valence-electron chi connectivity index (χ2n) is 1.87. The van der Waals surface area contributed by atoms with Gasteiger partial charge in [-0.2, -0.15) is 0 Å². The fraction of sp³-hybridized carbons (Fsp3) is 0.125. The van der Waals surface area contributed by atoms with Crippen molar-refractivity contribution in [1.29, 1.82) is 0 Å². The van der Waals surface area contributed by atoms with E-state index < -0.39 is 0 Å². The number of carbonyl (C=O) groups is 1. The zero-order chi connectivity index (χ0) is 7.40. The predicted molar refractivity (Wildman–Crippen MR) is 38.5 cm³/mol. The van der Waals surface area contributed by atoms with Crippen molar-refractivity contribution in [3.05, 3.63) is 36.5 Å². The van der Waals surface area contributed by atoms with E-state index in [-0.39, 0.29) is 5.78 Å². The van der Waals surface area contributed by atoms with E-state index in [9.17, 15) is 4.79 Å². The third-order valence-corrected chi connectivity index (χ3v) is 1.18. The molecular formula is C8H8NO. The number of ketones is 1. The summed E-state index contributed by atoms with van der Waals surface area (Å²) in [7, 11) is 0. The van der Waals surface area contributed by atoms with Crippen LogP contribution in [-0.4, -0.2) is 10.8 Å². The lowest BCUT2D eigenvalue weighted by molar-refractivity contribution is 0.102. The molecule has 0 unspecified atom stereocenters. The largest absolute Gasteiger partial charge is 0.292 e. The van der Waals surface area contributed by atoms with Crippen molar-refractivity contribution in [2.45, 2.75) is 6.92 Å². The summed E-state index contributed by atoms with van der Waals surface area (Å²) >= 11 is 0. The van der Waals surface area contributed by atoms with E-state index in [2.05, 4.69) is 4.98 Å². The third-order valence-electron chi connectivity index (χ3n) is 1.18. The van der Waals surface area contributed by atoms with Gasteiger partial charge in [0, 0.05) is 12.6 Å². The van der Waals surface area contributed by atoms with Crippen molar-refractivity contribution in [3.8, 4) is 0 Å². The van der Waals surface area contributed by atoms with Gasteiger partial charge in [0.15, 0.2) is 5.78 Å². The molecule has 0 saturated carbocycles. The molecule has 0 bridgehead atoms. The number of aromatic nitrogens is 1. The third kappa shape index (κ3) is 1.41. The van der Waals surface area contributed by atoms with Crippen molar-refractivity contribution in [3.63, 3.8) is 0 Å². The second-order valence-corrected chi connectivity index (χ2v) is 1.87. The van der Waals surface area contributed by atoms with Gasteiger partial charge in [-0.3, -0.25) is 9.78 Å². The molecule has 2 heteroatoms. The van der Waals surface area contributed by atoms with Crippen LogP contribution in [0.3, 0.4) is 0 Å². The Hall–Kier alpha value is -1.18. The van der Waals surface area contributed by atoms with Gasteiger partial charge in [-0.15, -0.1) is 0 Å². The van der Waals surface area contributed by atoms with Crippen LogP contribution in [0, 0.1) is 6.42 Å². The Balaban J connectivity index is 2.85. The average molecular weight is 134 g/mol. The van der Waals surface area contributed by atoms with Crippen molar-refractivity contribution in [1.82, 2.24) is 4.98 Å². The molecule has 0 amide bonds. The second kappa shape index (κ2) is 3.11. The highest BCUT2D eigenvalue weighted by molar-refractivity contribution is 6.00. The zero-order valence-corrected chi connectivity index (χ0v) is 5.74. The molecule has 2 nitrogen and oxygen atoms in total. The summed E-state index contributed by atoms with van der Waals surface area (Å²) in [6, 6.07) is 5.28. The van der Waals surface area contributed by atoms with Crippen LogP contribution in [0.1, 0.15) is 17.4 Å².